The number of ether oxygens (including phenoxy) is 1. The van der Waals surface area contributed by atoms with E-state index in [0.717, 1.165) is 23.9 Å². The maximum atomic E-state index is 13.3. The molecule has 1 aliphatic rings. The van der Waals surface area contributed by atoms with Gasteiger partial charge in [0, 0.05) is 11.4 Å². The Morgan fingerprint density at radius 3 is 2.69 bits per heavy atom. The molecule has 1 aromatic carbocycles. The van der Waals surface area contributed by atoms with Gasteiger partial charge in [-0.3, -0.25) is 9.59 Å². The molecular weight excluding hydrogens is 483 g/mol. The average molecular weight is 506 g/mol. The number of halogens is 3. The van der Waals surface area contributed by atoms with E-state index in [1.807, 2.05) is 6.92 Å². The van der Waals surface area contributed by atoms with Gasteiger partial charge in [0.05, 0.1) is 52.3 Å². The minimum atomic E-state index is -4.57. The van der Waals surface area contributed by atoms with Gasteiger partial charge in [-0.15, -0.1) is 0 Å². The quantitative estimate of drug-likeness (QED) is 0.468. The van der Waals surface area contributed by atoms with E-state index < -0.39 is 29.5 Å². The van der Waals surface area contributed by atoms with E-state index in [9.17, 15) is 28.0 Å². The Balaban J connectivity index is 1.92. The first-order chi connectivity index (χ1) is 16.7. The third-order valence-electron chi connectivity index (χ3n) is 4.97. The molecule has 2 aromatic rings. The predicted molar refractivity (Wildman–Crippen MR) is 124 cm³/mol. The molecule has 0 bridgehead atoms. The van der Waals surface area contributed by atoms with Crippen LogP contribution in [0.5, 0.6) is 0 Å². The topological polar surface area (TPSA) is 104 Å². The Bertz CT molecular complexity index is 1200. The lowest BCUT2D eigenvalue weighted by molar-refractivity contribution is -0.140. The second-order valence-corrected chi connectivity index (χ2v) is 8.49. The van der Waals surface area contributed by atoms with E-state index in [2.05, 4.69) is 16.7 Å². The number of hydrogen-bond acceptors (Lipinski definition) is 7. The largest absolute Gasteiger partial charge is 0.468 e. The smallest absolute Gasteiger partial charge is 0.416 e. The Morgan fingerprint density at radius 2 is 2.06 bits per heavy atom. The van der Waals surface area contributed by atoms with Crippen LogP contribution in [-0.2, 0) is 20.5 Å². The van der Waals surface area contributed by atoms with Crippen molar-refractivity contribution in [3.8, 4) is 6.07 Å². The van der Waals surface area contributed by atoms with Gasteiger partial charge in [0.25, 0.3) is 5.91 Å². The van der Waals surface area contributed by atoms with Crippen molar-refractivity contribution in [3.63, 3.8) is 0 Å². The molecule has 0 saturated carbocycles. The Kier molecular flexibility index (Phi) is 8.30. The van der Waals surface area contributed by atoms with Crippen molar-refractivity contribution < 1.29 is 31.9 Å². The van der Waals surface area contributed by atoms with Gasteiger partial charge in [-0.1, -0.05) is 24.8 Å². The number of hydrogen-bond donors (Lipinski definition) is 2. The first kappa shape index (κ1) is 26.0. The number of allylic oxidation sites excluding steroid dienone is 2. The van der Waals surface area contributed by atoms with Gasteiger partial charge in [-0.25, -0.2) is 0 Å². The monoisotopic (exact) mass is 505 g/mol. The number of furan rings is 1. The number of benzene rings is 1. The number of amides is 1. The fourth-order valence-electron chi connectivity index (χ4n) is 3.43. The first-order valence-corrected chi connectivity index (χ1v) is 11.6. The molecule has 0 saturated heterocycles. The molecule has 35 heavy (non-hydrogen) atoms. The fraction of sp³-hybridized carbons (Fsp3) is 0.292. The molecule has 1 amide bonds. The van der Waals surface area contributed by atoms with Crippen LogP contribution in [0.4, 0.5) is 18.9 Å². The highest BCUT2D eigenvalue weighted by molar-refractivity contribution is 8.03. The third-order valence-corrected chi connectivity index (χ3v) is 5.96. The highest BCUT2D eigenvalue weighted by Crippen LogP contribution is 2.41. The summed E-state index contributed by atoms with van der Waals surface area (Å²) in [5.74, 6) is -1.85. The van der Waals surface area contributed by atoms with E-state index in [4.69, 9.17) is 9.15 Å². The van der Waals surface area contributed by atoms with E-state index in [1.54, 1.807) is 19.1 Å². The molecular formula is C24H22F3N3O4S. The fourth-order valence-corrected chi connectivity index (χ4v) is 4.32. The summed E-state index contributed by atoms with van der Waals surface area (Å²) in [4.78, 5) is 25.2. The van der Waals surface area contributed by atoms with Crippen molar-refractivity contribution in [2.45, 2.75) is 32.4 Å². The van der Waals surface area contributed by atoms with Crippen molar-refractivity contribution in [1.29, 1.82) is 5.26 Å². The molecule has 0 radical (unpaired) electrons. The molecule has 1 aliphatic heterocycles. The predicted octanol–water partition coefficient (Wildman–Crippen LogP) is 5.32. The summed E-state index contributed by atoms with van der Waals surface area (Å²) >= 11 is 1.05. The number of alkyl halides is 3. The zero-order valence-corrected chi connectivity index (χ0v) is 19.7. The lowest BCUT2D eigenvalue weighted by atomic mass is 9.85. The van der Waals surface area contributed by atoms with Gasteiger partial charge in [0.15, 0.2) is 0 Å². The molecule has 1 atom stereocenters. The number of nitrogens with one attached hydrogen (secondary N) is 2. The van der Waals surface area contributed by atoms with Crippen LogP contribution in [0.15, 0.2) is 69.0 Å². The van der Waals surface area contributed by atoms with Crippen molar-refractivity contribution in [1.82, 2.24) is 5.32 Å². The lowest BCUT2D eigenvalue weighted by Gasteiger charge is -2.28. The standard InChI is InChI=1S/C24H22F3N3O4S/c1-3-9-34-19(31)13-35-23-17(12-28)21(18-8-5-10-33-18)20(14(2)29-23)22(32)30-16-7-4-6-15(11-16)24(25,26)27/h4-8,10-11,21,29H,3,9,13H2,1-2H3,(H,30,32)/t21-/m1/s1. The number of esters is 1. The number of dihydropyridines is 1. The number of carbonyl (C=O) groups excluding carboxylic acids is 2. The molecule has 7 nitrogen and oxygen atoms in total. The molecule has 2 heterocycles. The third kappa shape index (κ3) is 6.27. The van der Waals surface area contributed by atoms with Crippen LogP contribution in [0.25, 0.3) is 0 Å². The Hall–Kier alpha value is -3.65. The van der Waals surface area contributed by atoms with Gasteiger partial charge in [-0.2, -0.15) is 18.4 Å². The summed E-state index contributed by atoms with van der Waals surface area (Å²) in [6.07, 6.45) is -2.51. The normalized spacial score (nSPS) is 15.9. The minimum Gasteiger partial charge on any atom is -0.468 e. The van der Waals surface area contributed by atoms with Gasteiger partial charge < -0.3 is 19.8 Å². The van der Waals surface area contributed by atoms with Crippen molar-refractivity contribution in [3.05, 3.63) is 75.9 Å². The van der Waals surface area contributed by atoms with Crippen molar-refractivity contribution >= 4 is 29.3 Å². The van der Waals surface area contributed by atoms with Crippen LogP contribution >= 0.6 is 11.8 Å². The number of anilines is 1. The second-order valence-electron chi connectivity index (χ2n) is 7.51. The molecule has 2 N–H and O–H groups in total. The first-order valence-electron chi connectivity index (χ1n) is 10.6. The van der Waals surface area contributed by atoms with E-state index >= 15 is 0 Å². The average Bonchev–Trinajstić information content (AvgIpc) is 3.35. The minimum absolute atomic E-state index is 0.0513. The molecule has 0 unspecified atom stereocenters. The maximum Gasteiger partial charge on any atom is 0.416 e. The highest BCUT2D eigenvalue weighted by Gasteiger charge is 2.37. The Morgan fingerprint density at radius 1 is 1.29 bits per heavy atom. The summed E-state index contributed by atoms with van der Waals surface area (Å²) in [5.41, 5.74) is -0.361. The van der Waals surface area contributed by atoms with Gasteiger partial charge in [0.2, 0.25) is 0 Å². The number of rotatable bonds is 8. The van der Waals surface area contributed by atoms with Crippen molar-refractivity contribution in [2.75, 3.05) is 17.7 Å². The number of carbonyl (C=O) groups is 2. The summed E-state index contributed by atoms with van der Waals surface area (Å²) in [6.45, 7) is 3.75. The van der Waals surface area contributed by atoms with Crippen LogP contribution < -0.4 is 10.6 Å². The number of nitrogens with zero attached hydrogens (tertiary/aromatic N) is 1. The highest BCUT2D eigenvalue weighted by atomic mass is 32.2. The van der Waals surface area contributed by atoms with Gasteiger partial charge in [0.1, 0.15) is 5.76 Å². The summed E-state index contributed by atoms with van der Waals surface area (Å²) in [6, 6.07) is 9.53. The van der Waals surface area contributed by atoms with Gasteiger partial charge in [-0.05, 0) is 43.7 Å². The Labute approximate surface area is 204 Å². The molecule has 0 fully saturated rings. The van der Waals surface area contributed by atoms with Crippen LogP contribution in [0, 0.1) is 11.3 Å². The second kappa shape index (κ2) is 11.2. The van der Waals surface area contributed by atoms with Crippen LogP contribution in [0.1, 0.15) is 37.5 Å². The van der Waals surface area contributed by atoms with E-state index in [1.165, 1.54) is 18.4 Å². The summed E-state index contributed by atoms with van der Waals surface area (Å²) in [5, 5.41) is 15.8. The zero-order chi connectivity index (χ0) is 25.6. The van der Waals surface area contributed by atoms with Crippen LogP contribution in [0.3, 0.4) is 0 Å². The molecule has 184 valence electrons. The molecule has 11 heteroatoms. The zero-order valence-electron chi connectivity index (χ0n) is 18.9. The van der Waals surface area contributed by atoms with Crippen LogP contribution in [0.2, 0.25) is 0 Å². The van der Waals surface area contributed by atoms with Gasteiger partial charge >= 0.3 is 12.1 Å². The lowest BCUT2D eigenvalue weighted by Crippen LogP contribution is -2.31. The van der Waals surface area contributed by atoms with E-state index in [0.29, 0.717) is 22.9 Å². The summed E-state index contributed by atoms with van der Waals surface area (Å²) in [7, 11) is 0. The number of nitriles is 1. The molecule has 3 rings (SSSR count). The number of thioether (sulfide) groups is 1. The van der Waals surface area contributed by atoms with Crippen LogP contribution in [-0.4, -0.2) is 24.2 Å². The molecule has 0 aliphatic carbocycles. The maximum absolute atomic E-state index is 13.3. The SMILES string of the molecule is CCCOC(=O)CSC1=C(C#N)[C@H](c2ccco2)C(C(=O)Nc2cccc(C(F)(F)F)c2)=C(C)N1. The van der Waals surface area contributed by atoms with Crippen molar-refractivity contribution in [2.24, 2.45) is 0 Å². The summed E-state index contributed by atoms with van der Waals surface area (Å²) < 4.78 is 49.8. The van der Waals surface area contributed by atoms with E-state index in [-0.39, 0.29) is 29.2 Å². The molecule has 1 aromatic heterocycles. The molecule has 0 spiro atoms.